The summed E-state index contributed by atoms with van der Waals surface area (Å²) in [5.41, 5.74) is -0.0874. The largest absolute Gasteiger partial charge is 0.444 e. The van der Waals surface area contributed by atoms with E-state index in [1.54, 1.807) is 39.1 Å². The number of alkyl carbamates (subject to hydrolysis) is 1. The Hall–Kier alpha value is -1.78. The normalized spacial score (nSPS) is 12.9. The van der Waals surface area contributed by atoms with E-state index in [0.717, 1.165) is 0 Å². The number of rotatable bonds is 4. The van der Waals surface area contributed by atoms with Gasteiger partial charge in [-0.25, -0.2) is 4.79 Å². The summed E-state index contributed by atoms with van der Waals surface area (Å²) < 4.78 is 5.13. The van der Waals surface area contributed by atoms with E-state index in [-0.39, 0.29) is 5.78 Å². The molecule has 5 nitrogen and oxygen atoms in total. The molecule has 0 radical (unpaired) electrons. The van der Waals surface area contributed by atoms with Crippen molar-refractivity contribution in [2.75, 3.05) is 0 Å². The van der Waals surface area contributed by atoms with Gasteiger partial charge in [0.2, 0.25) is 5.78 Å². The second-order valence-electron chi connectivity index (χ2n) is 5.06. The fourth-order valence-electron chi connectivity index (χ4n) is 1.47. The summed E-state index contributed by atoms with van der Waals surface area (Å²) in [4.78, 5) is 26.5. The van der Waals surface area contributed by atoms with E-state index in [4.69, 9.17) is 4.74 Å². The number of carbonyl (C=O) groups is 2. The maximum absolute atomic E-state index is 12.0. The predicted octanol–water partition coefficient (Wildman–Crippen LogP) is 2.50. The third kappa shape index (κ3) is 4.24. The molecule has 0 unspecified atom stereocenters. The van der Waals surface area contributed by atoms with Gasteiger partial charge in [-0.1, -0.05) is 6.92 Å². The molecular weight excluding hydrogens is 232 g/mol. The van der Waals surface area contributed by atoms with E-state index in [1.807, 2.05) is 6.92 Å². The van der Waals surface area contributed by atoms with Crippen LogP contribution in [0.5, 0.6) is 0 Å². The van der Waals surface area contributed by atoms with E-state index in [0.29, 0.717) is 12.1 Å². The molecule has 2 N–H and O–H groups in total. The second kappa shape index (κ2) is 5.71. The zero-order valence-corrected chi connectivity index (χ0v) is 11.2. The van der Waals surface area contributed by atoms with Crippen molar-refractivity contribution in [3.8, 4) is 0 Å². The van der Waals surface area contributed by atoms with Crippen molar-refractivity contribution in [3.05, 3.63) is 24.0 Å². The number of aromatic nitrogens is 1. The molecule has 100 valence electrons. The van der Waals surface area contributed by atoms with Crippen molar-refractivity contribution in [2.45, 2.75) is 45.8 Å². The fraction of sp³-hybridized carbons (Fsp3) is 0.538. The molecule has 0 bridgehead atoms. The lowest BCUT2D eigenvalue weighted by Crippen LogP contribution is -2.43. The fourth-order valence-corrected chi connectivity index (χ4v) is 1.47. The maximum atomic E-state index is 12.0. The van der Waals surface area contributed by atoms with Gasteiger partial charge in [-0.2, -0.15) is 0 Å². The van der Waals surface area contributed by atoms with Gasteiger partial charge >= 0.3 is 6.09 Å². The summed E-state index contributed by atoms with van der Waals surface area (Å²) in [6.07, 6.45) is 1.61. The van der Waals surface area contributed by atoms with Gasteiger partial charge in [0.25, 0.3) is 0 Å². The minimum atomic E-state index is -0.575. The van der Waals surface area contributed by atoms with Gasteiger partial charge in [-0.3, -0.25) is 4.79 Å². The van der Waals surface area contributed by atoms with Gasteiger partial charge in [-0.05, 0) is 39.3 Å². The Balaban J connectivity index is 2.63. The Morgan fingerprint density at radius 2 is 2.11 bits per heavy atom. The number of nitrogens with one attached hydrogen (secondary N) is 2. The second-order valence-corrected chi connectivity index (χ2v) is 5.06. The van der Waals surface area contributed by atoms with Gasteiger partial charge < -0.3 is 15.0 Å². The van der Waals surface area contributed by atoms with E-state index >= 15 is 0 Å². The van der Waals surface area contributed by atoms with E-state index < -0.39 is 17.7 Å². The summed E-state index contributed by atoms with van der Waals surface area (Å²) in [7, 11) is 0. The van der Waals surface area contributed by atoms with Crippen LogP contribution in [-0.4, -0.2) is 28.5 Å². The number of H-pyrrole nitrogens is 1. The van der Waals surface area contributed by atoms with Crippen LogP contribution in [0.25, 0.3) is 0 Å². The molecule has 1 atom stereocenters. The van der Waals surface area contributed by atoms with Crippen LogP contribution in [0.15, 0.2) is 18.3 Å². The van der Waals surface area contributed by atoms with Crippen LogP contribution in [-0.2, 0) is 4.74 Å². The molecule has 0 aromatic carbocycles. The lowest BCUT2D eigenvalue weighted by atomic mass is 10.1. The van der Waals surface area contributed by atoms with E-state index in [1.165, 1.54) is 0 Å². The Labute approximate surface area is 107 Å². The molecule has 0 aliphatic rings. The molecule has 1 rings (SSSR count). The number of ketones is 1. The monoisotopic (exact) mass is 252 g/mol. The molecule has 1 aromatic rings. The molecule has 1 amide bonds. The molecule has 0 aliphatic carbocycles. The number of amides is 1. The van der Waals surface area contributed by atoms with Gasteiger partial charge in [-0.15, -0.1) is 0 Å². The van der Waals surface area contributed by atoms with Crippen LogP contribution in [0.2, 0.25) is 0 Å². The van der Waals surface area contributed by atoms with Crippen molar-refractivity contribution >= 4 is 11.9 Å². The molecule has 0 spiro atoms. The van der Waals surface area contributed by atoms with Crippen molar-refractivity contribution in [1.82, 2.24) is 10.3 Å². The first kappa shape index (κ1) is 14.3. The standard InChI is InChI=1S/C13H20N2O3/c1-5-9(11(16)10-7-6-8-14-10)15-12(17)18-13(2,3)4/h6-9,14H,5H2,1-4H3,(H,15,17)/t9-/m1/s1. The summed E-state index contributed by atoms with van der Waals surface area (Å²) in [5.74, 6) is -0.145. The van der Waals surface area contributed by atoms with Gasteiger partial charge in [0.05, 0.1) is 11.7 Å². The molecule has 18 heavy (non-hydrogen) atoms. The first-order valence-electron chi connectivity index (χ1n) is 6.00. The smallest absolute Gasteiger partial charge is 0.408 e. The first-order valence-corrected chi connectivity index (χ1v) is 6.00. The molecule has 1 aromatic heterocycles. The summed E-state index contributed by atoms with van der Waals surface area (Å²) in [6.45, 7) is 7.17. The third-order valence-corrected chi connectivity index (χ3v) is 2.28. The maximum Gasteiger partial charge on any atom is 0.408 e. The van der Waals surface area contributed by atoms with E-state index in [2.05, 4.69) is 10.3 Å². The number of ether oxygens (including phenoxy) is 1. The summed E-state index contributed by atoms with van der Waals surface area (Å²) in [6, 6.07) is 2.85. The molecular formula is C13H20N2O3. The molecule has 1 heterocycles. The highest BCUT2D eigenvalue weighted by molar-refractivity contribution is 6.00. The first-order chi connectivity index (χ1) is 8.33. The lowest BCUT2D eigenvalue weighted by molar-refractivity contribution is 0.0490. The lowest BCUT2D eigenvalue weighted by Gasteiger charge is -2.22. The molecule has 0 fully saturated rings. The van der Waals surface area contributed by atoms with Crippen LogP contribution in [0, 0.1) is 0 Å². The van der Waals surface area contributed by atoms with Crippen LogP contribution in [0.4, 0.5) is 4.79 Å². The highest BCUT2D eigenvalue weighted by Gasteiger charge is 2.24. The topological polar surface area (TPSA) is 71.2 Å². The minimum Gasteiger partial charge on any atom is -0.444 e. The quantitative estimate of drug-likeness (QED) is 0.809. The molecule has 5 heteroatoms. The average Bonchev–Trinajstić information content (AvgIpc) is 2.75. The third-order valence-electron chi connectivity index (χ3n) is 2.28. The van der Waals surface area contributed by atoms with E-state index in [9.17, 15) is 9.59 Å². The van der Waals surface area contributed by atoms with Crippen LogP contribution < -0.4 is 5.32 Å². The van der Waals surface area contributed by atoms with Crippen molar-refractivity contribution in [1.29, 1.82) is 0 Å². The number of hydrogen-bond acceptors (Lipinski definition) is 3. The SMILES string of the molecule is CC[C@@H](NC(=O)OC(C)(C)C)C(=O)c1ccc[nH]1. The Bertz CT molecular complexity index is 404. The highest BCUT2D eigenvalue weighted by atomic mass is 16.6. The van der Waals surface area contributed by atoms with Gasteiger partial charge in [0, 0.05) is 6.20 Å². The zero-order valence-electron chi connectivity index (χ0n) is 11.2. The van der Waals surface area contributed by atoms with Gasteiger partial charge in [0.1, 0.15) is 5.60 Å². The van der Waals surface area contributed by atoms with Crippen molar-refractivity contribution in [3.63, 3.8) is 0 Å². The number of hydrogen-bond donors (Lipinski definition) is 2. The Kier molecular flexibility index (Phi) is 4.53. The zero-order chi connectivity index (χ0) is 13.8. The Morgan fingerprint density at radius 1 is 1.44 bits per heavy atom. The predicted molar refractivity (Wildman–Crippen MR) is 68.6 cm³/mol. The molecule has 0 saturated heterocycles. The van der Waals surface area contributed by atoms with Crippen LogP contribution in [0.1, 0.15) is 44.6 Å². The number of carbonyl (C=O) groups excluding carboxylic acids is 2. The number of Topliss-reactive ketones (excluding diaryl/α,β-unsaturated/α-hetero) is 1. The number of aromatic amines is 1. The van der Waals surface area contributed by atoms with Gasteiger partial charge in [0.15, 0.2) is 0 Å². The highest BCUT2D eigenvalue weighted by Crippen LogP contribution is 2.09. The summed E-state index contributed by atoms with van der Waals surface area (Å²) in [5, 5.41) is 2.58. The molecule has 0 aliphatic heterocycles. The molecule has 0 saturated carbocycles. The Morgan fingerprint density at radius 3 is 2.56 bits per heavy atom. The minimum absolute atomic E-state index is 0.145. The summed E-state index contributed by atoms with van der Waals surface area (Å²) >= 11 is 0. The van der Waals surface area contributed by atoms with Crippen molar-refractivity contribution in [2.24, 2.45) is 0 Å². The van der Waals surface area contributed by atoms with Crippen LogP contribution >= 0.6 is 0 Å². The average molecular weight is 252 g/mol. The van der Waals surface area contributed by atoms with Crippen molar-refractivity contribution < 1.29 is 14.3 Å². The van der Waals surface area contributed by atoms with Crippen LogP contribution in [0.3, 0.4) is 0 Å².